The Kier molecular flexibility index (Phi) is 7.65. The van der Waals surface area contributed by atoms with Crippen LogP contribution >= 0.6 is 12.2 Å². The maximum atomic E-state index is 14.0. The first-order valence-electron chi connectivity index (χ1n) is 12.4. The number of nitrogens with one attached hydrogen (secondary N) is 2. The minimum absolute atomic E-state index is 0.105. The Balaban J connectivity index is 1.38. The van der Waals surface area contributed by atoms with Gasteiger partial charge in [-0.25, -0.2) is 4.39 Å². The summed E-state index contributed by atoms with van der Waals surface area (Å²) >= 11 is 5.68. The van der Waals surface area contributed by atoms with Crippen molar-refractivity contribution in [2.45, 2.75) is 25.4 Å². The summed E-state index contributed by atoms with van der Waals surface area (Å²) in [5, 5.41) is 6.47. The molecule has 2 N–H and O–H groups in total. The molecule has 3 heterocycles. The van der Waals surface area contributed by atoms with Gasteiger partial charge in [0.2, 0.25) is 5.91 Å². The van der Waals surface area contributed by atoms with E-state index in [0.29, 0.717) is 29.8 Å². The topological polar surface area (TPSA) is 79.6 Å². The Morgan fingerprint density at radius 2 is 1.89 bits per heavy atom. The van der Waals surface area contributed by atoms with E-state index in [1.807, 2.05) is 66.4 Å². The third-order valence-corrected chi connectivity index (χ3v) is 6.65. The van der Waals surface area contributed by atoms with E-state index in [2.05, 4.69) is 15.6 Å². The zero-order valence-electron chi connectivity index (χ0n) is 20.8. The first-order valence-corrected chi connectivity index (χ1v) is 12.8. The summed E-state index contributed by atoms with van der Waals surface area (Å²) < 4.78 is 25.9. The van der Waals surface area contributed by atoms with Gasteiger partial charge < -0.3 is 24.7 Å². The van der Waals surface area contributed by atoms with Gasteiger partial charge in [-0.1, -0.05) is 18.2 Å². The van der Waals surface area contributed by atoms with Gasteiger partial charge in [-0.3, -0.25) is 9.78 Å². The third kappa shape index (κ3) is 5.52. The molecule has 0 bridgehead atoms. The SMILES string of the molecule is CCOc1ccc(-c2ccc([C@H]3[C@H](c4ccccn4)NC(=S)N3CCC(=O)Nc3ccccc3F)o2)cc1. The monoisotopic (exact) mass is 530 g/mol. The fourth-order valence-corrected chi connectivity index (χ4v) is 4.83. The summed E-state index contributed by atoms with van der Waals surface area (Å²) in [4.78, 5) is 19.1. The second kappa shape index (κ2) is 11.4. The molecule has 4 aromatic rings. The zero-order chi connectivity index (χ0) is 26.5. The van der Waals surface area contributed by atoms with Gasteiger partial charge in [0.1, 0.15) is 29.1 Å². The van der Waals surface area contributed by atoms with Crippen molar-refractivity contribution >= 4 is 28.9 Å². The number of ether oxygens (including phenoxy) is 1. The molecule has 1 amide bonds. The van der Waals surface area contributed by atoms with Crippen LogP contribution in [0.4, 0.5) is 10.1 Å². The number of nitrogens with zero attached hydrogens (tertiary/aromatic N) is 2. The molecule has 2 aromatic carbocycles. The van der Waals surface area contributed by atoms with Crippen LogP contribution in [0.3, 0.4) is 0 Å². The highest BCUT2D eigenvalue weighted by Gasteiger charge is 2.41. The average molecular weight is 531 g/mol. The number of rotatable bonds is 9. The summed E-state index contributed by atoms with van der Waals surface area (Å²) in [5.74, 6) is 1.39. The lowest BCUT2D eigenvalue weighted by Crippen LogP contribution is -2.32. The lowest BCUT2D eigenvalue weighted by molar-refractivity contribution is -0.116. The molecule has 0 unspecified atom stereocenters. The van der Waals surface area contributed by atoms with E-state index < -0.39 is 5.82 Å². The fourth-order valence-electron chi connectivity index (χ4n) is 4.50. The molecule has 194 valence electrons. The molecule has 2 aromatic heterocycles. The number of thiocarbonyl (C=S) groups is 1. The molecular formula is C29H27FN4O3S. The van der Waals surface area contributed by atoms with Crippen LogP contribution in [0.15, 0.2) is 89.5 Å². The number of furan rings is 1. The molecule has 0 saturated carbocycles. The van der Waals surface area contributed by atoms with Gasteiger partial charge >= 0.3 is 0 Å². The first kappa shape index (κ1) is 25.4. The van der Waals surface area contributed by atoms with Gasteiger partial charge in [0, 0.05) is 24.7 Å². The summed E-state index contributed by atoms with van der Waals surface area (Å²) in [5.41, 5.74) is 1.86. The predicted octanol–water partition coefficient (Wildman–Crippen LogP) is 5.88. The van der Waals surface area contributed by atoms with Gasteiger partial charge in [0.15, 0.2) is 5.11 Å². The van der Waals surface area contributed by atoms with Gasteiger partial charge in [0.25, 0.3) is 0 Å². The highest BCUT2D eigenvalue weighted by atomic mass is 32.1. The van der Waals surface area contributed by atoms with Crippen molar-refractivity contribution in [2.75, 3.05) is 18.5 Å². The number of hydrogen-bond donors (Lipinski definition) is 2. The molecule has 1 fully saturated rings. The smallest absolute Gasteiger partial charge is 0.226 e. The summed E-state index contributed by atoms with van der Waals surface area (Å²) in [6.07, 6.45) is 1.84. The van der Waals surface area contributed by atoms with Crippen LogP contribution in [0.2, 0.25) is 0 Å². The Morgan fingerprint density at radius 3 is 2.63 bits per heavy atom. The highest BCUT2D eigenvalue weighted by Crippen LogP contribution is 2.40. The van der Waals surface area contributed by atoms with Crippen LogP contribution in [-0.2, 0) is 4.79 Å². The Bertz CT molecular complexity index is 1410. The van der Waals surface area contributed by atoms with E-state index in [1.54, 1.807) is 18.3 Å². The lowest BCUT2D eigenvalue weighted by atomic mass is 10.0. The van der Waals surface area contributed by atoms with Crippen LogP contribution in [0, 0.1) is 5.82 Å². The largest absolute Gasteiger partial charge is 0.494 e. The van der Waals surface area contributed by atoms with Gasteiger partial charge in [-0.15, -0.1) is 0 Å². The Morgan fingerprint density at radius 1 is 1.11 bits per heavy atom. The molecule has 5 rings (SSSR count). The van der Waals surface area contributed by atoms with E-state index in [1.165, 1.54) is 12.1 Å². The molecule has 9 heteroatoms. The Labute approximate surface area is 225 Å². The van der Waals surface area contributed by atoms with Crippen molar-refractivity contribution in [1.82, 2.24) is 15.2 Å². The molecule has 0 aliphatic carbocycles. The Hall–Kier alpha value is -4.24. The number of carbonyl (C=O) groups is 1. The van der Waals surface area contributed by atoms with Crippen molar-refractivity contribution in [2.24, 2.45) is 0 Å². The number of pyridine rings is 1. The first-order chi connectivity index (χ1) is 18.5. The number of halogens is 1. The second-order valence-corrected chi connectivity index (χ2v) is 9.14. The number of benzene rings is 2. The van der Waals surface area contributed by atoms with Crippen LogP contribution in [0.5, 0.6) is 5.75 Å². The molecule has 0 radical (unpaired) electrons. The number of carbonyl (C=O) groups excluding carboxylic acids is 1. The summed E-state index contributed by atoms with van der Waals surface area (Å²) in [6.45, 7) is 2.85. The van der Waals surface area contributed by atoms with E-state index in [-0.39, 0.29) is 30.1 Å². The standard InChI is InChI=1S/C29H27FN4O3S/c1-2-36-20-12-10-19(11-13-20)24-14-15-25(37-24)28-27(23-9-5-6-17-31-23)33-29(38)34(28)18-16-26(35)32-22-8-4-3-7-21(22)30/h3-15,17,27-28H,2,16,18H2,1H3,(H,32,35)(H,33,38)/t27-,28-/m0/s1. The van der Waals surface area contributed by atoms with Crippen LogP contribution in [-0.4, -0.2) is 34.1 Å². The van der Waals surface area contributed by atoms with E-state index >= 15 is 0 Å². The molecule has 7 nitrogen and oxygen atoms in total. The number of amides is 1. The molecule has 0 spiro atoms. The van der Waals surface area contributed by atoms with Crippen LogP contribution in [0.25, 0.3) is 11.3 Å². The van der Waals surface area contributed by atoms with Crippen LogP contribution < -0.4 is 15.4 Å². The van der Waals surface area contributed by atoms with Crippen molar-refractivity contribution in [3.63, 3.8) is 0 Å². The zero-order valence-corrected chi connectivity index (χ0v) is 21.6. The minimum atomic E-state index is -0.482. The predicted molar refractivity (Wildman–Crippen MR) is 147 cm³/mol. The molecular weight excluding hydrogens is 503 g/mol. The highest BCUT2D eigenvalue weighted by molar-refractivity contribution is 7.80. The number of hydrogen-bond acceptors (Lipinski definition) is 5. The third-order valence-electron chi connectivity index (χ3n) is 6.29. The maximum Gasteiger partial charge on any atom is 0.226 e. The molecule has 1 aliphatic rings. The van der Waals surface area contributed by atoms with E-state index in [0.717, 1.165) is 17.0 Å². The number of anilines is 1. The second-order valence-electron chi connectivity index (χ2n) is 8.76. The fraction of sp³-hybridized carbons (Fsp3) is 0.207. The average Bonchev–Trinajstić information content (AvgIpc) is 3.54. The van der Waals surface area contributed by atoms with Crippen molar-refractivity contribution in [3.05, 3.63) is 102 Å². The van der Waals surface area contributed by atoms with Gasteiger partial charge in [-0.2, -0.15) is 0 Å². The summed E-state index contributed by atoms with van der Waals surface area (Å²) in [6, 6.07) is 22.7. The summed E-state index contributed by atoms with van der Waals surface area (Å²) in [7, 11) is 0. The molecule has 38 heavy (non-hydrogen) atoms. The number of para-hydroxylation sites is 1. The molecule has 1 aliphatic heterocycles. The molecule has 1 saturated heterocycles. The minimum Gasteiger partial charge on any atom is -0.494 e. The normalized spacial score (nSPS) is 16.8. The van der Waals surface area contributed by atoms with Crippen molar-refractivity contribution in [1.29, 1.82) is 0 Å². The van der Waals surface area contributed by atoms with Gasteiger partial charge in [-0.05, 0) is 79.8 Å². The lowest BCUT2D eigenvalue weighted by Gasteiger charge is -2.25. The van der Waals surface area contributed by atoms with Crippen molar-refractivity contribution in [3.8, 4) is 17.1 Å². The maximum absolute atomic E-state index is 14.0. The van der Waals surface area contributed by atoms with Crippen molar-refractivity contribution < 1.29 is 18.3 Å². The van der Waals surface area contributed by atoms with E-state index in [9.17, 15) is 9.18 Å². The molecule has 2 atom stereocenters. The quantitative estimate of drug-likeness (QED) is 0.262. The van der Waals surface area contributed by atoms with Gasteiger partial charge in [0.05, 0.1) is 24.0 Å². The van der Waals surface area contributed by atoms with E-state index in [4.69, 9.17) is 21.4 Å². The number of aromatic nitrogens is 1. The van der Waals surface area contributed by atoms with Crippen LogP contribution in [0.1, 0.15) is 36.9 Å².